The SMILES string of the molecule is CN1CCC(Sc2nc(-c3ccc(Br)cc3)nc3ccccc23)C1=O. The molecule has 0 N–H and O–H groups in total. The summed E-state index contributed by atoms with van der Waals surface area (Å²) in [6.45, 7) is 0.805. The Morgan fingerprint density at radius 2 is 1.88 bits per heavy atom. The van der Waals surface area contributed by atoms with Crippen LogP contribution in [0.5, 0.6) is 0 Å². The molecule has 1 aromatic heterocycles. The summed E-state index contributed by atoms with van der Waals surface area (Å²) in [5, 5.41) is 1.80. The third-order valence-electron chi connectivity index (χ3n) is 4.30. The van der Waals surface area contributed by atoms with Crippen LogP contribution in [0, 0.1) is 0 Å². The summed E-state index contributed by atoms with van der Waals surface area (Å²) in [5.74, 6) is 0.866. The number of hydrogen-bond donors (Lipinski definition) is 0. The van der Waals surface area contributed by atoms with Crippen LogP contribution in [0.25, 0.3) is 22.3 Å². The normalized spacial score (nSPS) is 17.4. The van der Waals surface area contributed by atoms with E-state index in [2.05, 4.69) is 15.9 Å². The van der Waals surface area contributed by atoms with Crippen LogP contribution >= 0.6 is 27.7 Å². The van der Waals surface area contributed by atoms with Crippen LogP contribution in [0.3, 0.4) is 0 Å². The fourth-order valence-electron chi connectivity index (χ4n) is 2.90. The van der Waals surface area contributed by atoms with E-state index in [0.717, 1.165) is 38.9 Å². The Morgan fingerprint density at radius 3 is 2.60 bits per heavy atom. The largest absolute Gasteiger partial charge is 0.345 e. The van der Waals surface area contributed by atoms with E-state index in [-0.39, 0.29) is 11.2 Å². The fourth-order valence-corrected chi connectivity index (χ4v) is 4.38. The van der Waals surface area contributed by atoms with Crippen molar-refractivity contribution >= 4 is 44.5 Å². The van der Waals surface area contributed by atoms with Crippen molar-refractivity contribution in [3.63, 3.8) is 0 Å². The minimum absolute atomic E-state index is 0.0685. The molecule has 4 rings (SSSR count). The van der Waals surface area contributed by atoms with E-state index in [1.54, 1.807) is 16.7 Å². The number of likely N-dealkylation sites (tertiary alicyclic amines) is 1. The van der Waals surface area contributed by atoms with E-state index >= 15 is 0 Å². The first-order chi connectivity index (χ1) is 12.1. The molecule has 2 heterocycles. The highest BCUT2D eigenvalue weighted by Gasteiger charge is 2.31. The van der Waals surface area contributed by atoms with Crippen LogP contribution in [0.15, 0.2) is 58.0 Å². The van der Waals surface area contributed by atoms with E-state index in [9.17, 15) is 4.79 Å². The van der Waals surface area contributed by atoms with Gasteiger partial charge in [-0.1, -0.05) is 58.0 Å². The van der Waals surface area contributed by atoms with E-state index in [0.29, 0.717) is 5.82 Å². The van der Waals surface area contributed by atoms with Crippen molar-refractivity contribution in [2.75, 3.05) is 13.6 Å². The van der Waals surface area contributed by atoms with Gasteiger partial charge in [-0.3, -0.25) is 4.79 Å². The molecule has 0 spiro atoms. The smallest absolute Gasteiger partial charge is 0.235 e. The van der Waals surface area contributed by atoms with Gasteiger partial charge in [0.25, 0.3) is 0 Å². The molecule has 1 saturated heterocycles. The average molecular weight is 414 g/mol. The number of carbonyl (C=O) groups excluding carboxylic acids is 1. The van der Waals surface area contributed by atoms with E-state index in [4.69, 9.17) is 9.97 Å². The molecular weight excluding hydrogens is 398 g/mol. The molecule has 25 heavy (non-hydrogen) atoms. The second-order valence-corrected chi connectivity index (χ2v) is 8.14. The van der Waals surface area contributed by atoms with Crippen LogP contribution in [0.2, 0.25) is 0 Å². The van der Waals surface area contributed by atoms with Gasteiger partial charge in [0.2, 0.25) is 5.91 Å². The Kier molecular flexibility index (Phi) is 4.48. The molecule has 3 aromatic rings. The highest BCUT2D eigenvalue weighted by atomic mass is 79.9. The summed E-state index contributed by atoms with van der Waals surface area (Å²) in [6, 6.07) is 15.9. The molecule has 0 bridgehead atoms. The summed E-state index contributed by atoms with van der Waals surface area (Å²) in [5.41, 5.74) is 1.86. The maximum Gasteiger partial charge on any atom is 0.235 e. The second kappa shape index (κ2) is 6.77. The lowest BCUT2D eigenvalue weighted by atomic mass is 10.2. The highest BCUT2D eigenvalue weighted by Crippen LogP contribution is 2.34. The number of hydrogen-bond acceptors (Lipinski definition) is 4. The van der Waals surface area contributed by atoms with Crippen molar-refractivity contribution in [1.82, 2.24) is 14.9 Å². The molecule has 1 amide bonds. The number of para-hydroxylation sites is 1. The van der Waals surface area contributed by atoms with Crippen LogP contribution in [-0.2, 0) is 4.79 Å². The number of nitrogens with zero attached hydrogens (tertiary/aromatic N) is 3. The molecule has 6 heteroatoms. The van der Waals surface area contributed by atoms with Gasteiger partial charge in [0, 0.05) is 29.0 Å². The number of thioether (sulfide) groups is 1. The average Bonchev–Trinajstić information content (AvgIpc) is 2.94. The Bertz CT molecular complexity index is 945. The molecule has 4 nitrogen and oxygen atoms in total. The molecule has 1 fully saturated rings. The lowest BCUT2D eigenvalue weighted by molar-refractivity contribution is -0.126. The van der Waals surface area contributed by atoms with E-state index in [1.165, 1.54) is 0 Å². The summed E-state index contributed by atoms with van der Waals surface area (Å²) >= 11 is 5.01. The summed E-state index contributed by atoms with van der Waals surface area (Å²) < 4.78 is 1.02. The maximum atomic E-state index is 12.3. The van der Waals surface area contributed by atoms with Gasteiger partial charge in [-0.15, -0.1) is 0 Å². The number of benzene rings is 2. The van der Waals surface area contributed by atoms with Crippen molar-refractivity contribution in [3.8, 4) is 11.4 Å². The maximum absolute atomic E-state index is 12.3. The first-order valence-corrected chi connectivity index (χ1v) is 9.73. The van der Waals surface area contributed by atoms with Crippen molar-refractivity contribution in [3.05, 3.63) is 53.0 Å². The molecule has 0 aliphatic carbocycles. The van der Waals surface area contributed by atoms with Crippen LogP contribution in [0.1, 0.15) is 6.42 Å². The monoisotopic (exact) mass is 413 g/mol. The number of carbonyl (C=O) groups is 1. The van der Waals surface area contributed by atoms with E-state index < -0.39 is 0 Å². The van der Waals surface area contributed by atoms with Gasteiger partial charge in [-0.05, 0) is 24.6 Å². The Labute approximate surface area is 158 Å². The predicted molar refractivity (Wildman–Crippen MR) is 105 cm³/mol. The molecule has 1 atom stereocenters. The lowest BCUT2D eigenvalue weighted by Crippen LogP contribution is -2.23. The van der Waals surface area contributed by atoms with Gasteiger partial charge in [0.05, 0.1) is 10.8 Å². The third kappa shape index (κ3) is 3.28. The Balaban J connectivity index is 1.79. The van der Waals surface area contributed by atoms with Gasteiger partial charge >= 0.3 is 0 Å². The number of aromatic nitrogens is 2. The number of halogens is 1. The first kappa shape index (κ1) is 16.5. The van der Waals surface area contributed by atoms with Crippen LogP contribution < -0.4 is 0 Å². The van der Waals surface area contributed by atoms with E-state index in [1.807, 2.05) is 55.6 Å². The van der Waals surface area contributed by atoms with Crippen LogP contribution in [-0.4, -0.2) is 39.6 Å². The molecule has 0 radical (unpaired) electrons. The van der Waals surface area contributed by atoms with Crippen molar-refractivity contribution in [1.29, 1.82) is 0 Å². The molecule has 2 aromatic carbocycles. The molecule has 1 aliphatic rings. The number of rotatable bonds is 3. The lowest BCUT2D eigenvalue weighted by Gasteiger charge is -2.12. The minimum Gasteiger partial charge on any atom is -0.345 e. The minimum atomic E-state index is -0.0685. The van der Waals surface area contributed by atoms with Crippen molar-refractivity contribution in [2.45, 2.75) is 16.7 Å². The Morgan fingerprint density at radius 1 is 1.12 bits per heavy atom. The van der Waals surface area contributed by atoms with Gasteiger partial charge in [0.15, 0.2) is 5.82 Å². The predicted octanol–water partition coefficient (Wildman–Crippen LogP) is 4.38. The summed E-state index contributed by atoms with van der Waals surface area (Å²) in [4.78, 5) is 23.6. The molecule has 126 valence electrons. The summed E-state index contributed by atoms with van der Waals surface area (Å²) in [7, 11) is 1.86. The zero-order valence-electron chi connectivity index (χ0n) is 13.6. The zero-order valence-corrected chi connectivity index (χ0v) is 16.0. The second-order valence-electron chi connectivity index (χ2n) is 6.03. The fraction of sp³-hybridized carbons (Fsp3) is 0.211. The van der Waals surface area contributed by atoms with Gasteiger partial charge in [-0.2, -0.15) is 0 Å². The quantitative estimate of drug-likeness (QED) is 0.597. The van der Waals surface area contributed by atoms with Crippen molar-refractivity contribution in [2.24, 2.45) is 0 Å². The zero-order chi connectivity index (χ0) is 17.4. The third-order valence-corrected chi connectivity index (χ3v) is 6.09. The first-order valence-electron chi connectivity index (χ1n) is 8.06. The Hall–Kier alpha value is -1.92. The molecule has 0 saturated carbocycles. The molecule has 1 aliphatic heterocycles. The number of amides is 1. The van der Waals surface area contributed by atoms with Gasteiger partial charge in [-0.25, -0.2) is 9.97 Å². The molecular formula is C19H16BrN3OS. The number of fused-ring (bicyclic) bond motifs is 1. The van der Waals surface area contributed by atoms with Crippen LogP contribution in [0.4, 0.5) is 0 Å². The van der Waals surface area contributed by atoms with Crippen molar-refractivity contribution < 1.29 is 4.79 Å². The summed E-state index contributed by atoms with van der Waals surface area (Å²) in [6.07, 6.45) is 0.853. The van der Waals surface area contributed by atoms with Gasteiger partial charge < -0.3 is 4.90 Å². The highest BCUT2D eigenvalue weighted by molar-refractivity contribution is 9.10. The van der Waals surface area contributed by atoms with Gasteiger partial charge in [0.1, 0.15) is 5.03 Å². The molecule has 1 unspecified atom stereocenters. The topological polar surface area (TPSA) is 46.1 Å². The standard InChI is InChI=1S/C19H16BrN3OS/c1-23-11-10-16(19(23)24)25-18-14-4-2-3-5-15(14)21-17(22-18)12-6-8-13(20)9-7-12/h2-9,16H,10-11H2,1H3.